The molecule has 0 aliphatic heterocycles. The van der Waals surface area contributed by atoms with Crippen LogP contribution in [0.4, 0.5) is 0 Å². The van der Waals surface area contributed by atoms with Gasteiger partial charge >= 0.3 is 0 Å². The Labute approximate surface area is 130 Å². The summed E-state index contributed by atoms with van der Waals surface area (Å²) < 4.78 is 0. The molecule has 1 aliphatic rings. The van der Waals surface area contributed by atoms with Gasteiger partial charge in [0.25, 0.3) is 0 Å². The Bertz CT molecular complexity index is 694. The number of benzene rings is 2. The van der Waals surface area contributed by atoms with E-state index in [0.717, 1.165) is 11.3 Å². The zero-order valence-electron chi connectivity index (χ0n) is 12.1. The van der Waals surface area contributed by atoms with Crippen molar-refractivity contribution in [2.75, 3.05) is 6.54 Å². The molecule has 3 rings (SSSR count). The summed E-state index contributed by atoms with van der Waals surface area (Å²) in [6.07, 6.45) is 3.81. The highest BCUT2D eigenvalue weighted by molar-refractivity contribution is 7.98. The zero-order chi connectivity index (χ0) is 14.5. The van der Waals surface area contributed by atoms with Gasteiger partial charge < -0.3 is 5.73 Å². The summed E-state index contributed by atoms with van der Waals surface area (Å²) in [6, 6.07) is 15.3. The highest BCUT2D eigenvalue weighted by Gasteiger charge is 2.10. The summed E-state index contributed by atoms with van der Waals surface area (Å²) >= 11 is 1.90. The van der Waals surface area contributed by atoms with Crippen molar-refractivity contribution in [2.24, 2.45) is 5.73 Å². The molecule has 0 saturated heterocycles. The van der Waals surface area contributed by atoms with Crippen LogP contribution in [0.2, 0.25) is 0 Å². The van der Waals surface area contributed by atoms with Gasteiger partial charge in [-0.25, -0.2) is 0 Å². The van der Waals surface area contributed by atoms with Crippen molar-refractivity contribution in [3.63, 3.8) is 0 Å². The van der Waals surface area contributed by atoms with E-state index >= 15 is 0 Å². The number of rotatable bonds is 3. The van der Waals surface area contributed by atoms with Crippen molar-refractivity contribution in [1.82, 2.24) is 0 Å². The lowest BCUT2D eigenvalue weighted by Gasteiger charge is -2.05. The first-order valence-electron chi connectivity index (χ1n) is 7.37. The van der Waals surface area contributed by atoms with Crippen molar-refractivity contribution in [3.05, 3.63) is 64.7 Å². The van der Waals surface area contributed by atoms with Crippen molar-refractivity contribution in [2.45, 2.75) is 29.9 Å². The van der Waals surface area contributed by atoms with E-state index in [1.165, 1.54) is 29.7 Å². The third-order valence-electron chi connectivity index (χ3n) is 3.74. The van der Waals surface area contributed by atoms with Gasteiger partial charge in [-0.1, -0.05) is 30.0 Å². The predicted molar refractivity (Wildman–Crippen MR) is 90.4 cm³/mol. The Morgan fingerprint density at radius 1 is 1.05 bits per heavy atom. The lowest BCUT2D eigenvalue weighted by Crippen LogP contribution is -1.93. The molecule has 106 valence electrons. The average molecular weight is 293 g/mol. The fourth-order valence-corrected chi connectivity index (χ4v) is 3.60. The lowest BCUT2D eigenvalue weighted by atomic mass is 10.1. The number of hydrogen-bond acceptors (Lipinski definition) is 2. The molecule has 21 heavy (non-hydrogen) atoms. The maximum atomic E-state index is 5.42. The summed E-state index contributed by atoms with van der Waals surface area (Å²) in [6.45, 7) is 0.411. The van der Waals surface area contributed by atoms with Gasteiger partial charge in [0, 0.05) is 16.2 Å². The predicted octanol–water partition coefficient (Wildman–Crippen LogP) is 3.78. The van der Waals surface area contributed by atoms with Crippen LogP contribution in [0.25, 0.3) is 0 Å². The molecule has 2 N–H and O–H groups in total. The Morgan fingerprint density at radius 3 is 2.86 bits per heavy atom. The van der Waals surface area contributed by atoms with E-state index in [1.54, 1.807) is 11.1 Å². The second-order valence-corrected chi connectivity index (χ2v) is 6.33. The molecule has 0 amide bonds. The van der Waals surface area contributed by atoms with E-state index in [1.807, 2.05) is 17.8 Å². The molecule has 0 atom stereocenters. The molecule has 0 saturated carbocycles. The van der Waals surface area contributed by atoms with Crippen molar-refractivity contribution in [3.8, 4) is 11.8 Å². The third-order valence-corrected chi connectivity index (χ3v) is 4.80. The van der Waals surface area contributed by atoms with Crippen molar-refractivity contribution < 1.29 is 0 Å². The smallest absolute Gasteiger partial charge is 0.0555 e. The van der Waals surface area contributed by atoms with Crippen LogP contribution in [0.1, 0.15) is 28.7 Å². The molecule has 0 spiro atoms. The van der Waals surface area contributed by atoms with E-state index in [2.05, 4.69) is 48.2 Å². The number of fused-ring (bicyclic) bond motifs is 1. The van der Waals surface area contributed by atoms with E-state index in [4.69, 9.17) is 5.73 Å². The molecule has 2 aromatic rings. The SMILES string of the molecule is NCC#Cc1cccc(CSc2ccc3c(c2)CCC3)c1. The topological polar surface area (TPSA) is 26.0 Å². The highest BCUT2D eigenvalue weighted by Crippen LogP contribution is 2.29. The number of thioether (sulfide) groups is 1. The van der Waals surface area contributed by atoms with Crippen LogP contribution >= 0.6 is 11.8 Å². The minimum absolute atomic E-state index is 0.411. The zero-order valence-corrected chi connectivity index (χ0v) is 12.9. The van der Waals surface area contributed by atoms with Crippen LogP contribution in [0.5, 0.6) is 0 Å². The molecule has 0 radical (unpaired) electrons. The first-order chi connectivity index (χ1) is 10.3. The van der Waals surface area contributed by atoms with Gasteiger partial charge in [-0.15, -0.1) is 11.8 Å². The van der Waals surface area contributed by atoms with Gasteiger partial charge in [0.2, 0.25) is 0 Å². The summed E-state index contributed by atoms with van der Waals surface area (Å²) in [7, 11) is 0. The fourth-order valence-electron chi connectivity index (χ4n) is 2.70. The molecule has 0 heterocycles. The lowest BCUT2D eigenvalue weighted by molar-refractivity contribution is 0.911. The summed E-state index contributed by atoms with van der Waals surface area (Å²) in [5, 5.41) is 0. The molecule has 2 heteroatoms. The van der Waals surface area contributed by atoms with Gasteiger partial charge in [-0.05, 0) is 60.2 Å². The highest BCUT2D eigenvalue weighted by atomic mass is 32.2. The molecule has 1 aliphatic carbocycles. The van der Waals surface area contributed by atoms with E-state index in [9.17, 15) is 0 Å². The molecule has 0 bridgehead atoms. The molecular weight excluding hydrogens is 274 g/mol. The van der Waals surface area contributed by atoms with Crippen LogP contribution in [-0.4, -0.2) is 6.54 Å². The largest absolute Gasteiger partial charge is 0.320 e. The molecule has 1 nitrogen and oxygen atoms in total. The Morgan fingerprint density at radius 2 is 1.95 bits per heavy atom. The van der Waals surface area contributed by atoms with Crippen LogP contribution in [0, 0.1) is 11.8 Å². The van der Waals surface area contributed by atoms with Gasteiger partial charge in [-0.2, -0.15) is 0 Å². The van der Waals surface area contributed by atoms with Gasteiger partial charge in [0.1, 0.15) is 0 Å². The van der Waals surface area contributed by atoms with E-state index < -0.39 is 0 Å². The van der Waals surface area contributed by atoms with Crippen LogP contribution in [0.3, 0.4) is 0 Å². The Kier molecular flexibility index (Phi) is 4.65. The third kappa shape index (κ3) is 3.69. The molecule has 0 fully saturated rings. The molecule has 0 unspecified atom stereocenters. The second kappa shape index (κ2) is 6.85. The number of hydrogen-bond donors (Lipinski definition) is 1. The van der Waals surface area contributed by atoms with Crippen LogP contribution in [0.15, 0.2) is 47.4 Å². The van der Waals surface area contributed by atoms with Crippen LogP contribution in [-0.2, 0) is 18.6 Å². The maximum Gasteiger partial charge on any atom is 0.0555 e. The normalized spacial score (nSPS) is 12.6. The first-order valence-corrected chi connectivity index (χ1v) is 8.36. The Hall–Kier alpha value is -1.69. The van der Waals surface area contributed by atoms with E-state index in [0.29, 0.717) is 6.54 Å². The monoisotopic (exact) mass is 293 g/mol. The van der Waals surface area contributed by atoms with Crippen molar-refractivity contribution >= 4 is 11.8 Å². The quantitative estimate of drug-likeness (QED) is 0.688. The minimum Gasteiger partial charge on any atom is -0.320 e. The average Bonchev–Trinajstić information content (AvgIpc) is 2.99. The summed E-state index contributed by atoms with van der Waals surface area (Å²) in [4.78, 5) is 1.37. The Balaban J connectivity index is 1.67. The standard InChI is InChI=1S/C19H19NS/c20-11-3-6-15-4-1-5-16(12-15)14-21-19-10-9-17-7-2-8-18(17)13-19/h1,4-5,9-10,12-13H,2,7-8,11,14,20H2. The van der Waals surface area contributed by atoms with E-state index in [-0.39, 0.29) is 0 Å². The molecule has 2 aromatic carbocycles. The number of nitrogens with two attached hydrogens (primary N) is 1. The van der Waals surface area contributed by atoms with Gasteiger partial charge in [-0.3, -0.25) is 0 Å². The fraction of sp³-hybridized carbons (Fsp3) is 0.263. The molecule has 0 aromatic heterocycles. The first kappa shape index (κ1) is 14.3. The number of aryl methyl sites for hydroxylation is 2. The van der Waals surface area contributed by atoms with Crippen molar-refractivity contribution in [1.29, 1.82) is 0 Å². The van der Waals surface area contributed by atoms with Gasteiger partial charge in [0.05, 0.1) is 6.54 Å². The second-order valence-electron chi connectivity index (χ2n) is 5.28. The maximum absolute atomic E-state index is 5.42. The summed E-state index contributed by atoms with van der Waals surface area (Å²) in [5.74, 6) is 6.98. The molecular formula is C19H19NS. The summed E-state index contributed by atoms with van der Waals surface area (Å²) in [5.41, 5.74) is 10.9. The van der Waals surface area contributed by atoms with Gasteiger partial charge in [0.15, 0.2) is 0 Å². The minimum atomic E-state index is 0.411. The van der Waals surface area contributed by atoms with Crippen LogP contribution < -0.4 is 5.73 Å².